The minimum atomic E-state index is -4.22. The van der Waals surface area contributed by atoms with Gasteiger partial charge in [0, 0.05) is 6.54 Å². The third-order valence-corrected chi connectivity index (χ3v) is 2.93. The molecule has 0 aromatic carbocycles. The molecule has 0 bridgehead atoms. The molecule has 1 rings (SSSR count). The molecule has 0 heterocycles. The monoisotopic (exact) mass is 249 g/mol. The average Bonchev–Trinajstić information content (AvgIpc) is 2.97. The van der Waals surface area contributed by atoms with Crippen LogP contribution in [0, 0.1) is 17.2 Å². The van der Waals surface area contributed by atoms with Crippen LogP contribution in [0.1, 0.15) is 19.8 Å². The Bertz CT molecular complexity index is 293. The van der Waals surface area contributed by atoms with Crippen LogP contribution in [0.25, 0.3) is 0 Å². The van der Waals surface area contributed by atoms with E-state index < -0.39 is 18.3 Å². The van der Waals surface area contributed by atoms with Crippen molar-refractivity contribution in [3.63, 3.8) is 0 Å². The number of hydrogen-bond donors (Lipinski definition) is 1. The first-order chi connectivity index (χ1) is 7.83. The van der Waals surface area contributed by atoms with Crippen LogP contribution in [0.5, 0.6) is 0 Å². The summed E-state index contributed by atoms with van der Waals surface area (Å²) in [6.45, 7) is 1.58. The van der Waals surface area contributed by atoms with Gasteiger partial charge in [0.1, 0.15) is 5.54 Å². The Labute approximate surface area is 99.6 Å². The first-order valence-corrected chi connectivity index (χ1v) is 5.74. The van der Waals surface area contributed by atoms with Crippen LogP contribution in [0.4, 0.5) is 13.2 Å². The molecule has 0 amide bonds. The Morgan fingerprint density at radius 1 is 1.35 bits per heavy atom. The number of rotatable bonds is 6. The Morgan fingerprint density at radius 3 is 2.29 bits per heavy atom. The van der Waals surface area contributed by atoms with Gasteiger partial charge in [-0.2, -0.15) is 18.4 Å². The number of nitrogens with one attached hydrogen (secondary N) is 1. The summed E-state index contributed by atoms with van der Waals surface area (Å²) in [5.41, 5.74) is -0.825. The molecule has 98 valence electrons. The predicted octanol–water partition coefficient (Wildman–Crippen LogP) is 1.76. The van der Waals surface area contributed by atoms with Gasteiger partial charge in [-0.15, -0.1) is 0 Å². The summed E-state index contributed by atoms with van der Waals surface area (Å²) in [4.78, 5) is 1.17. The lowest BCUT2D eigenvalue weighted by Gasteiger charge is -2.32. The van der Waals surface area contributed by atoms with Crippen molar-refractivity contribution >= 4 is 0 Å². The highest BCUT2D eigenvalue weighted by Crippen LogP contribution is 2.40. The minimum Gasteiger partial charge on any atom is -0.298 e. The van der Waals surface area contributed by atoms with E-state index >= 15 is 0 Å². The van der Waals surface area contributed by atoms with E-state index in [1.807, 2.05) is 6.92 Å². The molecule has 17 heavy (non-hydrogen) atoms. The third kappa shape index (κ3) is 4.17. The molecular weight excluding hydrogens is 231 g/mol. The second kappa shape index (κ2) is 5.23. The summed E-state index contributed by atoms with van der Waals surface area (Å²) in [7, 11) is 1.40. The maximum atomic E-state index is 12.2. The van der Waals surface area contributed by atoms with Gasteiger partial charge in [0.15, 0.2) is 0 Å². The number of alkyl halides is 3. The molecule has 0 radical (unpaired) electrons. The number of nitriles is 1. The molecule has 1 aliphatic carbocycles. The van der Waals surface area contributed by atoms with Gasteiger partial charge in [0.05, 0.1) is 12.6 Å². The predicted molar refractivity (Wildman–Crippen MR) is 58.3 cm³/mol. The van der Waals surface area contributed by atoms with Crippen LogP contribution >= 0.6 is 0 Å². The van der Waals surface area contributed by atoms with E-state index in [1.165, 1.54) is 11.9 Å². The Kier molecular flexibility index (Phi) is 4.39. The summed E-state index contributed by atoms with van der Waals surface area (Å²) in [5.74, 6) is 0.183. The molecule has 0 aliphatic heterocycles. The van der Waals surface area contributed by atoms with Gasteiger partial charge in [-0.25, -0.2) is 0 Å². The van der Waals surface area contributed by atoms with E-state index in [4.69, 9.17) is 0 Å². The van der Waals surface area contributed by atoms with E-state index in [2.05, 4.69) is 11.4 Å². The molecule has 3 nitrogen and oxygen atoms in total. The fourth-order valence-corrected chi connectivity index (χ4v) is 2.17. The zero-order valence-corrected chi connectivity index (χ0v) is 10.1. The molecule has 0 spiro atoms. The van der Waals surface area contributed by atoms with Crippen molar-refractivity contribution < 1.29 is 13.2 Å². The molecular formula is C11H18F3N3. The fourth-order valence-electron chi connectivity index (χ4n) is 2.17. The standard InChI is InChI=1S/C11H18F3N3/c1-3-16-10(6-15,9-4-5-9)7-17(2)8-11(12,13)14/h9,16H,3-5,7-8H2,1-2H3. The molecule has 1 N–H and O–H groups in total. The number of hydrogen-bond acceptors (Lipinski definition) is 3. The molecule has 0 aromatic rings. The average molecular weight is 249 g/mol. The molecule has 1 fully saturated rings. The van der Waals surface area contributed by atoms with Gasteiger partial charge in [0.2, 0.25) is 0 Å². The summed E-state index contributed by atoms with van der Waals surface area (Å²) in [5, 5.41) is 12.3. The van der Waals surface area contributed by atoms with Crippen LogP contribution in [0.2, 0.25) is 0 Å². The highest BCUT2D eigenvalue weighted by atomic mass is 19.4. The maximum absolute atomic E-state index is 12.2. The SMILES string of the molecule is CCNC(C#N)(CN(C)CC(F)(F)F)C1CC1. The van der Waals surface area contributed by atoms with E-state index in [0.717, 1.165) is 12.8 Å². The molecule has 6 heteroatoms. The normalized spacial score (nSPS) is 20.1. The van der Waals surface area contributed by atoms with Crippen molar-refractivity contribution in [3.05, 3.63) is 0 Å². The van der Waals surface area contributed by atoms with Crippen LogP contribution in [0.15, 0.2) is 0 Å². The lowest BCUT2D eigenvalue weighted by atomic mass is 9.94. The van der Waals surface area contributed by atoms with Gasteiger partial charge in [-0.05, 0) is 32.4 Å². The Hall–Kier alpha value is -0.800. The summed E-state index contributed by atoms with van der Waals surface area (Å²) >= 11 is 0. The van der Waals surface area contributed by atoms with E-state index in [9.17, 15) is 18.4 Å². The molecule has 1 saturated carbocycles. The van der Waals surface area contributed by atoms with E-state index in [1.54, 1.807) is 0 Å². The van der Waals surface area contributed by atoms with Crippen molar-refractivity contribution in [2.24, 2.45) is 5.92 Å². The van der Waals surface area contributed by atoms with Gasteiger partial charge in [-0.3, -0.25) is 10.2 Å². The van der Waals surface area contributed by atoms with Crippen LogP contribution < -0.4 is 5.32 Å². The number of halogens is 3. The molecule has 1 aliphatic rings. The Balaban J connectivity index is 2.63. The van der Waals surface area contributed by atoms with Gasteiger partial charge in [-0.1, -0.05) is 6.92 Å². The second-order valence-electron chi connectivity index (χ2n) is 4.68. The van der Waals surface area contributed by atoms with Gasteiger partial charge >= 0.3 is 6.18 Å². The first kappa shape index (κ1) is 14.3. The van der Waals surface area contributed by atoms with E-state index in [0.29, 0.717) is 6.54 Å². The molecule has 1 atom stereocenters. The highest BCUT2D eigenvalue weighted by Gasteiger charge is 2.46. The molecule has 1 unspecified atom stereocenters. The zero-order chi connectivity index (χ0) is 13.1. The smallest absolute Gasteiger partial charge is 0.298 e. The summed E-state index contributed by atoms with van der Waals surface area (Å²) < 4.78 is 36.7. The van der Waals surface area contributed by atoms with Crippen LogP contribution in [-0.4, -0.2) is 43.3 Å². The molecule has 0 saturated heterocycles. The van der Waals surface area contributed by atoms with E-state index in [-0.39, 0.29) is 12.5 Å². The van der Waals surface area contributed by atoms with Crippen LogP contribution in [0.3, 0.4) is 0 Å². The lowest BCUT2D eigenvalue weighted by Crippen LogP contribution is -2.54. The maximum Gasteiger partial charge on any atom is 0.401 e. The van der Waals surface area contributed by atoms with Crippen LogP contribution in [-0.2, 0) is 0 Å². The van der Waals surface area contributed by atoms with Gasteiger partial charge in [0.25, 0.3) is 0 Å². The van der Waals surface area contributed by atoms with Crippen molar-refractivity contribution in [2.75, 3.05) is 26.7 Å². The summed E-state index contributed by atoms with van der Waals surface area (Å²) in [6.07, 6.45) is -2.38. The Morgan fingerprint density at radius 2 is 1.94 bits per heavy atom. The zero-order valence-electron chi connectivity index (χ0n) is 10.1. The van der Waals surface area contributed by atoms with Crippen molar-refractivity contribution in [2.45, 2.75) is 31.5 Å². The minimum absolute atomic E-state index is 0.113. The first-order valence-electron chi connectivity index (χ1n) is 5.74. The summed E-state index contributed by atoms with van der Waals surface area (Å²) in [6, 6.07) is 2.17. The third-order valence-electron chi connectivity index (χ3n) is 2.93. The lowest BCUT2D eigenvalue weighted by molar-refractivity contribution is -0.144. The van der Waals surface area contributed by atoms with Crippen molar-refractivity contribution in [1.29, 1.82) is 5.26 Å². The molecule has 0 aromatic heterocycles. The fraction of sp³-hybridized carbons (Fsp3) is 0.909. The number of nitrogens with zero attached hydrogens (tertiary/aromatic N) is 2. The van der Waals surface area contributed by atoms with Crippen molar-refractivity contribution in [1.82, 2.24) is 10.2 Å². The highest BCUT2D eigenvalue weighted by molar-refractivity contribution is 5.16. The largest absolute Gasteiger partial charge is 0.401 e. The second-order valence-corrected chi connectivity index (χ2v) is 4.68. The quantitative estimate of drug-likeness (QED) is 0.779. The number of likely N-dealkylation sites (N-methyl/N-ethyl adjacent to an activating group) is 2. The topological polar surface area (TPSA) is 39.1 Å². The van der Waals surface area contributed by atoms with Crippen molar-refractivity contribution in [3.8, 4) is 6.07 Å². The van der Waals surface area contributed by atoms with Gasteiger partial charge < -0.3 is 0 Å².